The third-order valence-corrected chi connectivity index (χ3v) is 5.93. The van der Waals surface area contributed by atoms with Crippen LogP contribution in [-0.4, -0.2) is 16.2 Å². The van der Waals surface area contributed by atoms with Crippen molar-refractivity contribution in [2.24, 2.45) is 0 Å². The summed E-state index contributed by atoms with van der Waals surface area (Å²) in [5.74, 6) is 0. The summed E-state index contributed by atoms with van der Waals surface area (Å²) in [5.41, 5.74) is 1.45. The zero-order valence-electron chi connectivity index (χ0n) is 7.71. The summed E-state index contributed by atoms with van der Waals surface area (Å²) in [6.45, 7) is 0. The Morgan fingerprint density at radius 2 is 1.08 bits per heavy atom. The maximum atomic E-state index is 10.1. The Morgan fingerprint density at radius 1 is 0.750 bits per heavy atom. The van der Waals surface area contributed by atoms with E-state index < -0.39 is 8.15 Å². The zero-order chi connectivity index (χ0) is 8.39. The molecule has 0 aromatic heterocycles. The van der Waals surface area contributed by atoms with Gasteiger partial charge in [-0.3, -0.25) is 0 Å². The summed E-state index contributed by atoms with van der Waals surface area (Å²) < 4.78 is 0. The molecule has 12 heavy (non-hydrogen) atoms. The van der Waals surface area contributed by atoms with E-state index in [4.69, 9.17) is 0 Å². The Hall–Kier alpha value is 0.390. The van der Waals surface area contributed by atoms with Crippen LogP contribution in [0.3, 0.4) is 0 Å². The lowest BCUT2D eigenvalue weighted by molar-refractivity contribution is 0.580. The maximum Gasteiger partial charge on any atom is 0.0314 e. The van der Waals surface area contributed by atoms with Crippen molar-refractivity contribution in [1.29, 1.82) is 0 Å². The quantitative estimate of drug-likeness (QED) is 0.656. The van der Waals surface area contributed by atoms with E-state index in [2.05, 4.69) is 0 Å². The first kappa shape index (κ1) is 8.97. The second-order valence-electron chi connectivity index (χ2n) is 4.26. The average molecular weight is 186 g/mol. The largest absolute Gasteiger partial charge is 0.373 e. The number of hydrogen-bond acceptors (Lipinski definition) is 1. The number of rotatable bonds is 2. The minimum atomic E-state index is -0.583. The lowest BCUT2D eigenvalue weighted by Gasteiger charge is -2.23. The Kier molecular flexibility index (Phi) is 3.04. The summed E-state index contributed by atoms with van der Waals surface area (Å²) >= 11 is 0. The molecule has 2 aliphatic rings. The molecule has 0 spiro atoms. The van der Waals surface area contributed by atoms with Crippen molar-refractivity contribution in [2.45, 2.75) is 62.7 Å². The van der Waals surface area contributed by atoms with Crippen molar-refractivity contribution in [3.8, 4) is 0 Å². The normalized spacial score (nSPS) is 27.5. The molecule has 2 heteroatoms. The van der Waals surface area contributed by atoms with Crippen molar-refractivity contribution in [3.63, 3.8) is 0 Å². The molecule has 1 nitrogen and oxygen atoms in total. The van der Waals surface area contributed by atoms with Gasteiger partial charge in [0.05, 0.1) is 0 Å². The van der Waals surface area contributed by atoms with Gasteiger partial charge in [-0.15, -0.1) is 0 Å². The molecule has 2 fully saturated rings. The van der Waals surface area contributed by atoms with Gasteiger partial charge in [0.2, 0.25) is 0 Å². The van der Waals surface area contributed by atoms with Gasteiger partial charge in [-0.25, -0.2) is 0 Å². The van der Waals surface area contributed by atoms with E-state index in [1.807, 2.05) is 0 Å². The molecule has 2 aliphatic carbocycles. The van der Waals surface area contributed by atoms with Gasteiger partial charge in [0, 0.05) is 19.5 Å². The van der Waals surface area contributed by atoms with Gasteiger partial charge >= 0.3 is 0 Å². The number of hydrogen-bond donors (Lipinski definition) is 1. The van der Waals surface area contributed by atoms with E-state index in [0.29, 0.717) is 0 Å². The Morgan fingerprint density at radius 3 is 1.42 bits per heavy atom. The first-order chi connectivity index (χ1) is 5.88. The second kappa shape index (κ2) is 4.07. The highest BCUT2D eigenvalue weighted by atomic mass is 31.1. The maximum absolute atomic E-state index is 10.1. The van der Waals surface area contributed by atoms with Crippen molar-refractivity contribution < 1.29 is 4.89 Å². The fraction of sp³-hybridized carbons (Fsp3) is 1.00. The summed E-state index contributed by atoms with van der Waals surface area (Å²) in [7, 11) is -0.583. The van der Waals surface area contributed by atoms with E-state index >= 15 is 0 Å². The molecule has 0 bridgehead atoms. The van der Waals surface area contributed by atoms with Crippen molar-refractivity contribution in [2.75, 3.05) is 0 Å². The smallest absolute Gasteiger partial charge is 0.0314 e. The predicted molar refractivity (Wildman–Crippen MR) is 53.7 cm³/mol. The average Bonchev–Trinajstić information content (AvgIpc) is 2.77. The van der Waals surface area contributed by atoms with Crippen LogP contribution in [0.25, 0.3) is 0 Å². The Labute approximate surface area is 76.4 Å². The zero-order valence-corrected chi connectivity index (χ0v) is 8.60. The third-order valence-electron chi connectivity index (χ3n) is 3.40. The molecule has 0 heterocycles. The van der Waals surface area contributed by atoms with Crippen LogP contribution in [0.5, 0.6) is 0 Å². The summed E-state index contributed by atoms with van der Waals surface area (Å²) in [6.07, 6.45) is 10.8. The molecule has 2 saturated carbocycles. The topological polar surface area (TPSA) is 20.2 Å². The van der Waals surface area contributed by atoms with Crippen LogP contribution >= 0.6 is 8.15 Å². The van der Waals surface area contributed by atoms with Crippen LogP contribution in [0.4, 0.5) is 0 Å². The molecular weight excluding hydrogens is 167 g/mol. The standard InChI is InChI=1S/C10H19OP/c11-12(9-5-1-2-6-9)10-7-3-4-8-10/h9-11H,1-8H2. The third kappa shape index (κ3) is 1.83. The van der Waals surface area contributed by atoms with Crippen LogP contribution in [-0.2, 0) is 0 Å². The van der Waals surface area contributed by atoms with Crippen LogP contribution in [0.1, 0.15) is 51.4 Å². The Balaban J connectivity index is 1.84. The van der Waals surface area contributed by atoms with Crippen LogP contribution in [0.15, 0.2) is 0 Å². The molecule has 0 radical (unpaired) electrons. The highest BCUT2D eigenvalue weighted by Gasteiger charge is 2.31. The summed E-state index contributed by atoms with van der Waals surface area (Å²) in [5, 5.41) is 0. The van der Waals surface area contributed by atoms with Gasteiger partial charge in [-0.05, 0) is 25.7 Å². The first-order valence-electron chi connectivity index (χ1n) is 5.35. The molecule has 0 atom stereocenters. The SMILES string of the molecule is OP(C1CCCC1)C1CCCC1. The molecule has 0 aromatic carbocycles. The van der Waals surface area contributed by atoms with E-state index in [-0.39, 0.29) is 0 Å². The molecule has 0 saturated heterocycles. The highest BCUT2D eigenvalue weighted by molar-refractivity contribution is 7.53. The Bertz CT molecular complexity index is 121. The van der Waals surface area contributed by atoms with E-state index in [1.54, 1.807) is 0 Å². The van der Waals surface area contributed by atoms with Crippen molar-refractivity contribution in [3.05, 3.63) is 0 Å². The van der Waals surface area contributed by atoms with E-state index in [9.17, 15) is 4.89 Å². The van der Waals surface area contributed by atoms with Gasteiger partial charge in [0.15, 0.2) is 0 Å². The fourth-order valence-electron chi connectivity index (χ4n) is 2.64. The second-order valence-corrected chi connectivity index (χ2v) is 6.48. The summed E-state index contributed by atoms with van der Waals surface area (Å²) in [4.78, 5) is 10.1. The van der Waals surface area contributed by atoms with E-state index in [1.165, 1.54) is 51.4 Å². The van der Waals surface area contributed by atoms with E-state index in [0.717, 1.165) is 11.3 Å². The first-order valence-corrected chi connectivity index (χ1v) is 6.78. The summed E-state index contributed by atoms with van der Waals surface area (Å²) in [6, 6.07) is 0. The lowest BCUT2D eigenvalue weighted by atomic mass is 10.4. The minimum Gasteiger partial charge on any atom is -0.373 e. The van der Waals surface area contributed by atoms with Crippen LogP contribution in [0.2, 0.25) is 0 Å². The predicted octanol–water partition coefficient (Wildman–Crippen LogP) is 3.26. The highest BCUT2D eigenvalue weighted by Crippen LogP contribution is 2.53. The van der Waals surface area contributed by atoms with Crippen molar-refractivity contribution in [1.82, 2.24) is 0 Å². The van der Waals surface area contributed by atoms with Crippen LogP contribution < -0.4 is 0 Å². The molecule has 2 rings (SSSR count). The van der Waals surface area contributed by atoms with Crippen LogP contribution in [0, 0.1) is 0 Å². The molecule has 0 unspecified atom stereocenters. The van der Waals surface area contributed by atoms with Gasteiger partial charge in [0.1, 0.15) is 0 Å². The van der Waals surface area contributed by atoms with Gasteiger partial charge in [-0.1, -0.05) is 25.7 Å². The van der Waals surface area contributed by atoms with Crippen molar-refractivity contribution >= 4 is 8.15 Å². The molecule has 70 valence electrons. The molecule has 0 aromatic rings. The monoisotopic (exact) mass is 186 g/mol. The minimum absolute atomic E-state index is 0.583. The van der Waals surface area contributed by atoms with Gasteiger partial charge in [0.25, 0.3) is 0 Å². The molecule has 0 amide bonds. The molecule has 1 N–H and O–H groups in total. The van der Waals surface area contributed by atoms with Gasteiger partial charge in [-0.2, -0.15) is 0 Å². The molecular formula is C10H19OP. The fourth-order valence-corrected chi connectivity index (χ4v) is 5.02. The van der Waals surface area contributed by atoms with Gasteiger partial charge < -0.3 is 4.89 Å². The lowest BCUT2D eigenvalue weighted by Crippen LogP contribution is -2.08. The molecule has 0 aliphatic heterocycles.